The molecule has 0 aliphatic rings. The van der Waals surface area contributed by atoms with Gasteiger partial charge in [0.25, 0.3) is 5.56 Å². The Morgan fingerprint density at radius 1 is 0.969 bits per heavy atom. The van der Waals surface area contributed by atoms with Crippen molar-refractivity contribution in [2.45, 2.75) is 37.8 Å². The zero-order valence-electron chi connectivity index (χ0n) is 18.4. The second-order valence-corrected chi connectivity index (χ2v) is 8.98. The molecule has 0 fully saturated rings. The number of aryl methyl sites for hydroxylation is 3. The third-order valence-electron chi connectivity index (χ3n) is 5.50. The number of hydrogen-bond acceptors (Lipinski definition) is 4. The van der Waals surface area contributed by atoms with Crippen molar-refractivity contribution in [3.05, 3.63) is 99.0 Å². The zero-order chi connectivity index (χ0) is 22.7. The Morgan fingerprint density at radius 3 is 2.44 bits per heavy atom. The molecule has 0 spiro atoms. The molecule has 3 aromatic carbocycles. The molecule has 0 bridgehead atoms. The number of benzene rings is 3. The number of carbonyl (C=O) groups excluding carboxylic acids is 1. The van der Waals surface area contributed by atoms with Gasteiger partial charge in [-0.1, -0.05) is 24.3 Å². The van der Waals surface area contributed by atoms with Crippen molar-refractivity contribution in [1.29, 1.82) is 0 Å². The first-order chi connectivity index (χ1) is 15.4. The third-order valence-corrected chi connectivity index (χ3v) is 6.53. The van der Waals surface area contributed by atoms with E-state index in [1.165, 1.54) is 0 Å². The molecule has 0 atom stereocenters. The number of nitrogens with zero attached hydrogens (tertiary/aromatic N) is 1. The molecule has 4 rings (SSSR count). The lowest BCUT2D eigenvalue weighted by atomic mass is 10.1. The standard InChI is InChI=1S/C26H25N3O2S/c1-16-6-4-5-7-19(16)14-25(30)27-20-8-10-21(11-9-20)32-15-24-26(31)29-23-13-18(3)17(2)12-22(23)28-24/h4-13H,14-15H2,1-3H3,(H,27,30)(H,29,31). The highest BCUT2D eigenvalue weighted by atomic mass is 32.2. The van der Waals surface area contributed by atoms with Gasteiger partial charge in [0.2, 0.25) is 5.91 Å². The lowest BCUT2D eigenvalue weighted by Gasteiger charge is -2.08. The first-order valence-corrected chi connectivity index (χ1v) is 11.4. The third kappa shape index (κ3) is 5.08. The van der Waals surface area contributed by atoms with Gasteiger partial charge < -0.3 is 10.3 Å². The maximum atomic E-state index is 12.4. The van der Waals surface area contributed by atoms with E-state index < -0.39 is 0 Å². The Kier molecular flexibility index (Phi) is 6.42. The van der Waals surface area contributed by atoms with Crippen LogP contribution < -0.4 is 10.9 Å². The molecule has 0 aliphatic carbocycles. The van der Waals surface area contributed by atoms with Gasteiger partial charge in [0.1, 0.15) is 5.69 Å². The molecule has 2 N–H and O–H groups in total. The molecule has 0 aliphatic heterocycles. The molecule has 0 unspecified atom stereocenters. The SMILES string of the molecule is Cc1cc2nc(CSc3ccc(NC(=O)Cc4ccccc4C)cc3)c(=O)[nH]c2cc1C. The topological polar surface area (TPSA) is 74.8 Å². The minimum Gasteiger partial charge on any atom is -0.326 e. The number of fused-ring (bicyclic) bond motifs is 1. The van der Waals surface area contributed by atoms with Crippen molar-refractivity contribution in [3.63, 3.8) is 0 Å². The minimum absolute atomic E-state index is 0.0443. The fourth-order valence-electron chi connectivity index (χ4n) is 3.45. The summed E-state index contributed by atoms with van der Waals surface area (Å²) in [5.41, 5.74) is 7.06. The van der Waals surface area contributed by atoms with Gasteiger partial charge >= 0.3 is 0 Å². The summed E-state index contributed by atoms with van der Waals surface area (Å²) < 4.78 is 0. The van der Waals surface area contributed by atoms with Crippen LogP contribution in [0.4, 0.5) is 5.69 Å². The molecule has 1 amide bonds. The molecule has 162 valence electrons. The quantitative estimate of drug-likeness (QED) is 0.396. The highest BCUT2D eigenvalue weighted by Gasteiger charge is 2.09. The fraction of sp³-hybridized carbons (Fsp3) is 0.192. The van der Waals surface area contributed by atoms with Crippen molar-refractivity contribution in [2.75, 3.05) is 5.32 Å². The normalized spacial score (nSPS) is 11.0. The van der Waals surface area contributed by atoms with E-state index in [1.54, 1.807) is 11.8 Å². The molecular weight excluding hydrogens is 418 g/mol. The van der Waals surface area contributed by atoms with Gasteiger partial charge in [-0.25, -0.2) is 4.98 Å². The molecule has 1 aromatic heterocycles. The van der Waals surface area contributed by atoms with Gasteiger partial charge in [0.15, 0.2) is 0 Å². The number of amides is 1. The van der Waals surface area contributed by atoms with Crippen LogP contribution in [0.5, 0.6) is 0 Å². The zero-order valence-corrected chi connectivity index (χ0v) is 19.2. The predicted molar refractivity (Wildman–Crippen MR) is 131 cm³/mol. The van der Waals surface area contributed by atoms with Crippen LogP contribution in [0.1, 0.15) is 27.9 Å². The number of aromatic amines is 1. The summed E-state index contributed by atoms with van der Waals surface area (Å²) in [7, 11) is 0. The molecule has 6 heteroatoms. The number of thioether (sulfide) groups is 1. The number of H-pyrrole nitrogens is 1. The van der Waals surface area contributed by atoms with Gasteiger partial charge in [-0.2, -0.15) is 0 Å². The maximum absolute atomic E-state index is 12.4. The van der Waals surface area contributed by atoms with Gasteiger partial charge in [-0.3, -0.25) is 9.59 Å². The second kappa shape index (κ2) is 9.40. The molecule has 5 nitrogen and oxygen atoms in total. The number of aromatic nitrogens is 2. The van der Waals surface area contributed by atoms with E-state index in [4.69, 9.17) is 0 Å². The van der Waals surface area contributed by atoms with Crippen molar-refractivity contribution >= 4 is 34.4 Å². The van der Waals surface area contributed by atoms with Crippen molar-refractivity contribution in [1.82, 2.24) is 9.97 Å². The molecule has 0 saturated heterocycles. The highest BCUT2D eigenvalue weighted by Crippen LogP contribution is 2.24. The summed E-state index contributed by atoms with van der Waals surface area (Å²) in [5, 5.41) is 2.94. The summed E-state index contributed by atoms with van der Waals surface area (Å²) in [6, 6.07) is 19.5. The molecule has 0 saturated carbocycles. The Labute approximate surface area is 191 Å². The van der Waals surface area contributed by atoms with Gasteiger partial charge in [0, 0.05) is 16.3 Å². The Balaban J connectivity index is 1.39. The second-order valence-electron chi connectivity index (χ2n) is 7.93. The summed E-state index contributed by atoms with van der Waals surface area (Å²) in [6.45, 7) is 6.06. The van der Waals surface area contributed by atoms with E-state index in [0.717, 1.165) is 43.9 Å². The number of rotatable bonds is 6. The number of anilines is 1. The number of carbonyl (C=O) groups is 1. The van der Waals surface area contributed by atoms with E-state index in [-0.39, 0.29) is 11.5 Å². The number of nitrogens with one attached hydrogen (secondary N) is 2. The van der Waals surface area contributed by atoms with Crippen LogP contribution in [0.3, 0.4) is 0 Å². The van der Waals surface area contributed by atoms with E-state index in [0.29, 0.717) is 17.9 Å². The minimum atomic E-state index is -0.159. The van der Waals surface area contributed by atoms with Crippen molar-refractivity contribution in [2.24, 2.45) is 0 Å². The van der Waals surface area contributed by atoms with Gasteiger partial charge in [-0.15, -0.1) is 11.8 Å². The average Bonchev–Trinajstić information content (AvgIpc) is 2.76. The van der Waals surface area contributed by atoms with Crippen LogP contribution in [0.15, 0.2) is 70.4 Å². The monoisotopic (exact) mass is 443 g/mol. The Morgan fingerprint density at radius 2 is 1.69 bits per heavy atom. The van der Waals surface area contributed by atoms with Gasteiger partial charge in [0.05, 0.1) is 17.5 Å². The van der Waals surface area contributed by atoms with E-state index in [2.05, 4.69) is 15.3 Å². The molecule has 32 heavy (non-hydrogen) atoms. The highest BCUT2D eigenvalue weighted by molar-refractivity contribution is 7.98. The Bertz CT molecular complexity index is 1340. The van der Waals surface area contributed by atoms with Crippen LogP contribution in [0.25, 0.3) is 11.0 Å². The first kappa shape index (κ1) is 21.8. The predicted octanol–water partition coefficient (Wildman–Crippen LogP) is 5.32. The van der Waals surface area contributed by atoms with Crippen molar-refractivity contribution in [3.8, 4) is 0 Å². The van der Waals surface area contributed by atoms with E-state index in [9.17, 15) is 9.59 Å². The van der Waals surface area contributed by atoms with Crippen LogP contribution in [0, 0.1) is 20.8 Å². The molecule has 4 aromatic rings. The smallest absolute Gasteiger partial charge is 0.271 e. The van der Waals surface area contributed by atoms with Crippen LogP contribution >= 0.6 is 11.8 Å². The van der Waals surface area contributed by atoms with Crippen molar-refractivity contribution < 1.29 is 4.79 Å². The summed E-state index contributed by atoms with van der Waals surface area (Å²) in [4.78, 5) is 33.3. The van der Waals surface area contributed by atoms with Crippen LogP contribution in [-0.2, 0) is 17.0 Å². The molecular formula is C26H25N3O2S. The van der Waals surface area contributed by atoms with Gasteiger partial charge in [-0.05, 0) is 79.4 Å². The molecule has 1 heterocycles. The summed E-state index contributed by atoms with van der Waals surface area (Å²) >= 11 is 1.54. The molecule has 0 radical (unpaired) electrons. The average molecular weight is 444 g/mol. The summed E-state index contributed by atoms with van der Waals surface area (Å²) in [5.74, 6) is 0.425. The van der Waals surface area contributed by atoms with Crippen LogP contribution in [0.2, 0.25) is 0 Å². The lowest BCUT2D eigenvalue weighted by Crippen LogP contribution is -2.15. The first-order valence-electron chi connectivity index (χ1n) is 10.5. The lowest BCUT2D eigenvalue weighted by molar-refractivity contribution is -0.115. The van der Waals surface area contributed by atoms with E-state index >= 15 is 0 Å². The van der Waals surface area contributed by atoms with Crippen LogP contribution in [-0.4, -0.2) is 15.9 Å². The maximum Gasteiger partial charge on any atom is 0.271 e. The largest absolute Gasteiger partial charge is 0.326 e. The fourth-order valence-corrected chi connectivity index (χ4v) is 4.28. The summed E-state index contributed by atoms with van der Waals surface area (Å²) in [6.07, 6.45) is 0.346. The number of hydrogen-bond donors (Lipinski definition) is 2. The van der Waals surface area contributed by atoms with E-state index in [1.807, 2.05) is 81.4 Å². The Hall–Kier alpha value is -3.38.